The monoisotopic (exact) mass is 244 g/mol. The van der Waals surface area contributed by atoms with E-state index in [1.165, 1.54) is 16.0 Å². The summed E-state index contributed by atoms with van der Waals surface area (Å²) in [5.74, 6) is 1.16. The van der Waals surface area contributed by atoms with Crippen molar-refractivity contribution in [2.45, 2.75) is 25.7 Å². The minimum absolute atomic E-state index is 1.16. The molecule has 1 heteroatoms. The van der Waals surface area contributed by atoms with Crippen molar-refractivity contribution in [1.29, 1.82) is 0 Å². The van der Waals surface area contributed by atoms with E-state index in [4.69, 9.17) is 0 Å². The van der Waals surface area contributed by atoms with Crippen LogP contribution in [-0.2, 0) is 0 Å². The second-order valence-corrected chi connectivity index (χ2v) is 5.24. The lowest BCUT2D eigenvalue weighted by Gasteiger charge is -1.96. The number of hydrogen-bond donors (Lipinski definition) is 0. The van der Waals surface area contributed by atoms with E-state index in [1.807, 2.05) is 30.0 Å². The molecule has 0 unspecified atom stereocenters. The molecule has 2 rings (SSSR count). The second-order valence-electron chi connectivity index (χ2n) is 3.90. The maximum absolute atomic E-state index is 2.17. The van der Waals surface area contributed by atoms with Crippen molar-refractivity contribution in [3.8, 4) is 0 Å². The molecule has 0 nitrogen and oxygen atoms in total. The molecular weight excluding hydrogens is 224 g/mol. The fourth-order valence-electron chi connectivity index (χ4n) is 1.34. The van der Waals surface area contributed by atoms with Crippen LogP contribution >= 0.6 is 11.8 Å². The highest BCUT2D eigenvalue weighted by Crippen LogP contribution is 2.16. The van der Waals surface area contributed by atoms with Gasteiger partial charge in [-0.1, -0.05) is 60.5 Å². The molecule has 0 fully saturated rings. The van der Waals surface area contributed by atoms with E-state index in [0.717, 1.165) is 5.75 Å². The Hall–Kier alpha value is -1.21. The lowest BCUT2D eigenvalue weighted by atomic mass is 10.2. The Balaban J connectivity index is 0.000000181. The Morgan fingerprint density at radius 3 is 1.71 bits per heavy atom. The summed E-state index contributed by atoms with van der Waals surface area (Å²) in [6.45, 7) is 6.37. The van der Waals surface area contributed by atoms with Gasteiger partial charge in [0.2, 0.25) is 0 Å². The summed E-state index contributed by atoms with van der Waals surface area (Å²) in [7, 11) is 0. The Morgan fingerprint density at radius 1 is 0.765 bits per heavy atom. The average Bonchev–Trinajstić information content (AvgIpc) is 2.34. The van der Waals surface area contributed by atoms with Gasteiger partial charge in [-0.3, -0.25) is 0 Å². The molecule has 0 saturated carbocycles. The molecule has 0 saturated heterocycles. The standard InChI is InChI=1S/C9H12S.C7H8/c1-3-10-9-6-4-8(2)5-7-9;1-7-5-3-2-4-6-7/h4-7H,3H2,1-2H3;2-6H,1H3. The molecule has 0 aliphatic rings. The molecule has 90 valence electrons. The molecule has 0 N–H and O–H groups in total. The van der Waals surface area contributed by atoms with Gasteiger partial charge in [-0.05, 0) is 31.7 Å². The van der Waals surface area contributed by atoms with Crippen molar-refractivity contribution in [3.63, 3.8) is 0 Å². The SMILES string of the molecule is CCSc1ccc(C)cc1.Cc1ccccc1. The first-order valence-corrected chi connectivity index (χ1v) is 6.92. The summed E-state index contributed by atoms with van der Waals surface area (Å²) in [5, 5.41) is 0. The zero-order chi connectivity index (χ0) is 12.5. The quantitative estimate of drug-likeness (QED) is 0.662. The maximum atomic E-state index is 2.17. The van der Waals surface area contributed by atoms with Crippen LogP contribution < -0.4 is 0 Å². The number of hydrogen-bond acceptors (Lipinski definition) is 1. The molecule has 17 heavy (non-hydrogen) atoms. The average molecular weight is 244 g/mol. The van der Waals surface area contributed by atoms with Gasteiger partial charge >= 0.3 is 0 Å². The third kappa shape index (κ3) is 6.18. The molecule has 0 radical (unpaired) electrons. The minimum Gasteiger partial charge on any atom is -0.126 e. The van der Waals surface area contributed by atoms with Gasteiger partial charge in [0.15, 0.2) is 0 Å². The van der Waals surface area contributed by atoms with Gasteiger partial charge in [0, 0.05) is 4.90 Å². The summed E-state index contributed by atoms with van der Waals surface area (Å²) in [5.41, 5.74) is 2.66. The first-order chi connectivity index (χ1) is 8.22. The van der Waals surface area contributed by atoms with Crippen LogP contribution in [0.2, 0.25) is 0 Å². The first kappa shape index (κ1) is 13.9. The van der Waals surface area contributed by atoms with Crippen LogP contribution in [0.4, 0.5) is 0 Å². The summed E-state index contributed by atoms with van der Waals surface area (Å²) >= 11 is 1.88. The zero-order valence-electron chi connectivity index (χ0n) is 10.8. The zero-order valence-corrected chi connectivity index (χ0v) is 11.6. The van der Waals surface area contributed by atoms with Crippen molar-refractivity contribution in [2.75, 3.05) is 5.75 Å². The van der Waals surface area contributed by atoms with Gasteiger partial charge in [-0.15, -0.1) is 11.8 Å². The highest BCUT2D eigenvalue weighted by molar-refractivity contribution is 7.99. The van der Waals surface area contributed by atoms with Crippen LogP contribution in [0.1, 0.15) is 18.1 Å². The molecule has 0 amide bonds. The van der Waals surface area contributed by atoms with Crippen molar-refractivity contribution >= 4 is 11.8 Å². The summed E-state index contributed by atoms with van der Waals surface area (Å²) < 4.78 is 0. The van der Waals surface area contributed by atoms with Gasteiger partial charge in [0.25, 0.3) is 0 Å². The molecule has 0 spiro atoms. The van der Waals surface area contributed by atoms with E-state index in [9.17, 15) is 0 Å². The van der Waals surface area contributed by atoms with Gasteiger partial charge < -0.3 is 0 Å². The fourth-order valence-corrected chi connectivity index (χ4v) is 2.00. The molecule has 0 aliphatic heterocycles. The van der Waals surface area contributed by atoms with Gasteiger partial charge in [0.1, 0.15) is 0 Å². The maximum Gasteiger partial charge on any atom is 0.00720 e. The van der Waals surface area contributed by atoms with Crippen LogP contribution in [0.25, 0.3) is 0 Å². The Labute approximate surface area is 109 Å². The summed E-state index contributed by atoms with van der Waals surface area (Å²) in [6.07, 6.45) is 0. The van der Waals surface area contributed by atoms with E-state index >= 15 is 0 Å². The molecule has 0 heterocycles. The molecule has 2 aromatic carbocycles. The van der Waals surface area contributed by atoms with Crippen molar-refractivity contribution < 1.29 is 0 Å². The van der Waals surface area contributed by atoms with Crippen molar-refractivity contribution in [2.24, 2.45) is 0 Å². The number of rotatable bonds is 2. The van der Waals surface area contributed by atoms with Crippen LogP contribution in [-0.4, -0.2) is 5.75 Å². The molecule has 2 aromatic rings. The summed E-state index contributed by atoms with van der Waals surface area (Å²) in [4.78, 5) is 1.37. The Bertz CT molecular complexity index is 403. The van der Waals surface area contributed by atoms with Crippen LogP contribution in [0.15, 0.2) is 59.5 Å². The molecule has 0 aliphatic carbocycles. The topological polar surface area (TPSA) is 0 Å². The third-order valence-electron chi connectivity index (χ3n) is 2.27. The number of benzene rings is 2. The highest BCUT2D eigenvalue weighted by Gasteiger charge is 1.88. The van der Waals surface area contributed by atoms with Gasteiger partial charge in [0.05, 0.1) is 0 Å². The van der Waals surface area contributed by atoms with Crippen molar-refractivity contribution in [1.82, 2.24) is 0 Å². The molecule has 0 aromatic heterocycles. The Kier molecular flexibility index (Phi) is 6.49. The van der Waals surface area contributed by atoms with E-state index in [2.05, 4.69) is 57.2 Å². The molecule has 0 atom stereocenters. The molecule has 0 bridgehead atoms. The fraction of sp³-hybridized carbons (Fsp3) is 0.250. The lowest BCUT2D eigenvalue weighted by molar-refractivity contribution is 1.37. The van der Waals surface area contributed by atoms with E-state index in [-0.39, 0.29) is 0 Å². The predicted molar refractivity (Wildman–Crippen MR) is 78.8 cm³/mol. The third-order valence-corrected chi connectivity index (χ3v) is 3.17. The first-order valence-electron chi connectivity index (χ1n) is 5.93. The smallest absolute Gasteiger partial charge is 0.00720 e. The van der Waals surface area contributed by atoms with Crippen LogP contribution in [0.5, 0.6) is 0 Å². The predicted octanol–water partition coefficient (Wildman–Crippen LogP) is 5.10. The van der Waals surface area contributed by atoms with Gasteiger partial charge in [-0.2, -0.15) is 0 Å². The minimum atomic E-state index is 1.16. The lowest BCUT2D eigenvalue weighted by Crippen LogP contribution is -1.73. The summed E-state index contributed by atoms with van der Waals surface area (Å²) in [6, 6.07) is 18.9. The van der Waals surface area contributed by atoms with E-state index < -0.39 is 0 Å². The Morgan fingerprint density at radius 2 is 1.29 bits per heavy atom. The van der Waals surface area contributed by atoms with Crippen LogP contribution in [0.3, 0.4) is 0 Å². The highest BCUT2D eigenvalue weighted by atomic mass is 32.2. The second kappa shape index (κ2) is 7.97. The molecular formula is C16H20S. The van der Waals surface area contributed by atoms with Crippen molar-refractivity contribution in [3.05, 3.63) is 65.7 Å². The van der Waals surface area contributed by atoms with E-state index in [0.29, 0.717) is 0 Å². The normalized spacial score (nSPS) is 9.35. The largest absolute Gasteiger partial charge is 0.126 e. The number of thioether (sulfide) groups is 1. The van der Waals surface area contributed by atoms with Gasteiger partial charge in [-0.25, -0.2) is 0 Å². The number of aryl methyl sites for hydroxylation is 2. The van der Waals surface area contributed by atoms with Crippen LogP contribution in [0, 0.1) is 13.8 Å². The van der Waals surface area contributed by atoms with E-state index in [1.54, 1.807) is 0 Å².